The van der Waals surface area contributed by atoms with Gasteiger partial charge in [-0.05, 0) is 50.5 Å². The van der Waals surface area contributed by atoms with E-state index in [1.54, 1.807) is 11.1 Å². The Hall–Kier alpha value is -0.300. The molecule has 1 nitrogen and oxygen atoms in total. The van der Waals surface area contributed by atoms with Gasteiger partial charge in [0.1, 0.15) is 0 Å². The van der Waals surface area contributed by atoms with Crippen LogP contribution in [-0.2, 0) is 0 Å². The van der Waals surface area contributed by atoms with Crippen molar-refractivity contribution in [2.24, 2.45) is 5.41 Å². The first-order valence-electron chi connectivity index (χ1n) is 7.01. The maximum absolute atomic E-state index is 2.87. The maximum atomic E-state index is 2.87. The molecule has 16 heavy (non-hydrogen) atoms. The summed E-state index contributed by atoms with van der Waals surface area (Å²) in [5.41, 5.74) is 4.69. The smallest absolute Gasteiger partial charge is 0.0285 e. The molecule has 0 unspecified atom stereocenters. The van der Waals surface area contributed by atoms with E-state index in [1.807, 2.05) is 0 Å². The van der Waals surface area contributed by atoms with Gasteiger partial charge in [-0.1, -0.05) is 24.5 Å². The van der Waals surface area contributed by atoms with Crippen molar-refractivity contribution in [2.75, 3.05) is 13.1 Å². The van der Waals surface area contributed by atoms with Crippen LogP contribution in [-0.4, -0.2) is 23.5 Å². The highest BCUT2D eigenvalue weighted by Gasteiger charge is 2.52. The van der Waals surface area contributed by atoms with Gasteiger partial charge in [0, 0.05) is 18.5 Å². The SMILES string of the molecule is CC1(CN2CCCC23CC2=C([CH]2)C3)CCC1. The van der Waals surface area contributed by atoms with Crippen LogP contribution < -0.4 is 0 Å². The first-order chi connectivity index (χ1) is 7.69. The van der Waals surface area contributed by atoms with Crippen LogP contribution in [0.25, 0.3) is 0 Å². The lowest BCUT2D eigenvalue weighted by atomic mass is 9.69. The van der Waals surface area contributed by atoms with Crippen LogP contribution in [0.1, 0.15) is 51.9 Å². The molecule has 0 amide bonds. The van der Waals surface area contributed by atoms with E-state index in [0.29, 0.717) is 11.0 Å². The number of likely N-dealkylation sites (tertiary alicyclic amines) is 1. The Morgan fingerprint density at radius 2 is 1.88 bits per heavy atom. The lowest BCUT2D eigenvalue weighted by molar-refractivity contribution is 0.0399. The molecule has 1 aliphatic heterocycles. The van der Waals surface area contributed by atoms with Gasteiger partial charge in [-0.3, -0.25) is 4.90 Å². The zero-order valence-electron chi connectivity index (χ0n) is 10.4. The first kappa shape index (κ1) is 9.70. The highest BCUT2D eigenvalue weighted by atomic mass is 15.2. The van der Waals surface area contributed by atoms with E-state index in [1.165, 1.54) is 58.0 Å². The van der Waals surface area contributed by atoms with Crippen LogP contribution in [0.2, 0.25) is 0 Å². The van der Waals surface area contributed by atoms with E-state index in [9.17, 15) is 0 Å². The molecule has 4 aliphatic rings. The fourth-order valence-corrected chi connectivity index (χ4v) is 4.32. The van der Waals surface area contributed by atoms with Crippen LogP contribution in [0.3, 0.4) is 0 Å². The summed E-state index contributed by atoms with van der Waals surface area (Å²) < 4.78 is 0. The number of hydrogen-bond acceptors (Lipinski definition) is 1. The summed E-state index contributed by atoms with van der Waals surface area (Å²) in [7, 11) is 0. The lowest BCUT2D eigenvalue weighted by Gasteiger charge is -2.46. The predicted octanol–water partition coefficient (Wildman–Crippen LogP) is 3.32. The summed E-state index contributed by atoms with van der Waals surface area (Å²) in [6.45, 7) is 5.26. The third-order valence-corrected chi connectivity index (χ3v) is 5.59. The van der Waals surface area contributed by atoms with Gasteiger partial charge in [-0.2, -0.15) is 0 Å². The summed E-state index contributed by atoms with van der Waals surface area (Å²) in [4.78, 5) is 2.87. The highest BCUT2D eigenvalue weighted by molar-refractivity contribution is 5.56. The molecule has 2 fully saturated rings. The second kappa shape index (κ2) is 2.93. The molecule has 0 atom stereocenters. The molecule has 3 aliphatic carbocycles. The van der Waals surface area contributed by atoms with Crippen molar-refractivity contribution in [1.82, 2.24) is 4.90 Å². The van der Waals surface area contributed by atoms with E-state index in [2.05, 4.69) is 18.2 Å². The number of rotatable bonds is 2. The molecule has 0 aromatic carbocycles. The average Bonchev–Trinajstić information content (AvgIpc) is 2.67. The van der Waals surface area contributed by atoms with E-state index in [0.717, 1.165) is 0 Å². The number of hydrogen-bond donors (Lipinski definition) is 0. The lowest BCUT2D eigenvalue weighted by Crippen LogP contribution is -2.49. The zero-order valence-corrected chi connectivity index (χ0v) is 10.4. The molecule has 0 aromatic heterocycles. The fourth-order valence-electron chi connectivity index (χ4n) is 4.32. The molecule has 87 valence electrons. The Balaban J connectivity index is 1.50. The van der Waals surface area contributed by atoms with Gasteiger partial charge in [0.15, 0.2) is 0 Å². The van der Waals surface area contributed by atoms with Gasteiger partial charge < -0.3 is 0 Å². The Morgan fingerprint density at radius 3 is 2.50 bits per heavy atom. The molecular weight excluding hydrogens is 194 g/mol. The molecule has 0 bridgehead atoms. The standard InChI is InChI=1S/C15H22N/c1-14(4-2-5-14)11-16-7-3-6-15(16)9-12-8-13(12)10-15/h8H,2-7,9-11H2,1H3. The van der Waals surface area contributed by atoms with E-state index < -0.39 is 0 Å². The Labute approximate surface area is 98.9 Å². The molecule has 1 radical (unpaired) electrons. The van der Waals surface area contributed by atoms with E-state index in [4.69, 9.17) is 0 Å². The van der Waals surface area contributed by atoms with Crippen LogP contribution >= 0.6 is 0 Å². The monoisotopic (exact) mass is 216 g/mol. The van der Waals surface area contributed by atoms with Crippen molar-refractivity contribution >= 4 is 0 Å². The van der Waals surface area contributed by atoms with Crippen LogP contribution in [0.15, 0.2) is 11.1 Å². The van der Waals surface area contributed by atoms with Crippen molar-refractivity contribution in [3.05, 3.63) is 17.6 Å². The first-order valence-corrected chi connectivity index (χ1v) is 7.01. The van der Waals surface area contributed by atoms with Gasteiger partial charge in [0.25, 0.3) is 0 Å². The van der Waals surface area contributed by atoms with Crippen LogP contribution in [0.4, 0.5) is 0 Å². The van der Waals surface area contributed by atoms with Gasteiger partial charge in [0.05, 0.1) is 0 Å². The van der Waals surface area contributed by atoms with Gasteiger partial charge >= 0.3 is 0 Å². The number of nitrogens with zero attached hydrogens (tertiary/aromatic N) is 1. The zero-order chi connectivity index (χ0) is 10.8. The third kappa shape index (κ3) is 1.27. The van der Waals surface area contributed by atoms with Gasteiger partial charge in [0.2, 0.25) is 0 Å². The molecule has 0 aromatic rings. The van der Waals surface area contributed by atoms with Crippen LogP contribution in [0.5, 0.6) is 0 Å². The molecule has 4 rings (SSSR count). The highest BCUT2D eigenvalue weighted by Crippen LogP contribution is 2.56. The Morgan fingerprint density at radius 1 is 1.12 bits per heavy atom. The molecule has 0 N–H and O–H groups in total. The average molecular weight is 216 g/mol. The second-order valence-corrected chi connectivity index (χ2v) is 6.96. The van der Waals surface area contributed by atoms with Crippen molar-refractivity contribution < 1.29 is 0 Å². The largest absolute Gasteiger partial charge is 0.296 e. The minimum Gasteiger partial charge on any atom is -0.296 e. The Kier molecular flexibility index (Phi) is 1.78. The topological polar surface area (TPSA) is 3.24 Å². The van der Waals surface area contributed by atoms with Crippen molar-refractivity contribution in [3.8, 4) is 0 Å². The Bertz CT molecular complexity index is 348. The summed E-state index contributed by atoms with van der Waals surface area (Å²) in [6, 6.07) is 0. The quantitative estimate of drug-likeness (QED) is 0.684. The normalized spacial score (nSPS) is 34.3. The summed E-state index contributed by atoms with van der Waals surface area (Å²) in [5.74, 6) is 0. The maximum Gasteiger partial charge on any atom is 0.0285 e. The van der Waals surface area contributed by atoms with Crippen LogP contribution in [0, 0.1) is 11.8 Å². The fraction of sp³-hybridized carbons (Fsp3) is 0.800. The van der Waals surface area contributed by atoms with E-state index in [-0.39, 0.29) is 0 Å². The molecule has 1 heteroatoms. The third-order valence-electron chi connectivity index (χ3n) is 5.59. The molecule has 1 saturated carbocycles. The molecule has 1 spiro atoms. The van der Waals surface area contributed by atoms with Gasteiger partial charge in [-0.25, -0.2) is 0 Å². The van der Waals surface area contributed by atoms with Crippen molar-refractivity contribution in [1.29, 1.82) is 0 Å². The summed E-state index contributed by atoms with van der Waals surface area (Å²) >= 11 is 0. The second-order valence-electron chi connectivity index (χ2n) is 6.96. The summed E-state index contributed by atoms with van der Waals surface area (Å²) in [5, 5.41) is 0. The van der Waals surface area contributed by atoms with Crippen molar-refractivity contribution in [3.63, 3.8) is 0 Å². The predicted molar refractivity (Wildman–Crippen MR) is 66.1 cm³/mol. The summed E-state index contributed by atoms with van der Waals surface area (Å²) in [6.07, 6.45) is 12.5. The minimum absolute atomic E-state index is 0.595. The molecule has 1 saturated heterocycles. The van der Waals surface area contributed by atoms with Gasteiger partial charge in [-0.15, -0.1) is 0 Å². The van der Waals surface area contributed by atoms with Crippen molar-refractivity contribution in [2.45, 2.75) is 57.4 Å². The minimum atomic E-state index is 0.595. The van der Waals surface area contributed by atoms with E-state index >= 15 is 0 Å². The molecule has 1 heterocycles. The molecular formula is C15H22N.